The minimum atomic E-state index is -4.44. The number of amides is 1. The van der Waals surface area contributed by atoms with Gasteiger partial charge >= 0.3 is 0 Å². The number of sulfonamides is 1. The van der Waals surface area contributed by atoms with Crippen molar-refractivity contribution >= 4 is 21.6 Å². The summed E-state index contributed by atoms with van der Waals surface area (Å²) in [5, 5.41) is 18.0. The molecule has 0 unspecified atom stereocenters. The van der Waals surface area contributed by atoms with Crippen molar-refractivity contribution in [1.29, 1.82) is 0 Å². The van der Waals surface area contributed by atoms with Crippen LogP contribution in [0.1, 0.15) is 6.42 Å². The average Bonchev–Trinajstić information content (AvgIpc) is 3.31. The third kappa shape index (κ3) is 8.89. The Balaban J connectivity index is 1.94. The van der Waals surface area contributed by atoms with Gasteiger partial charge in [0, 0.05) is 37.7 Å². The van der Waals surface area contributed by atoms with E-state index in [1.165, 1.54) is 24.1 Å². The lowest BCUT2D eigenvalue weighted by Crippen LogP contribution is -2.47. The Morgan fingerprint density at radius 3 is 2.46 bits per heavy atom. The average molecular weight is 544 g/mol. The summed E-state index contributed by atoms with van der Waals surface area (Å²) in [7, 11) is -1.10. The SMILES string of the molecule is CNCCOCCOCCOCCN(C)C(=O)[C@@H]1C[C@H](N=[N+]=[N-])CN1S(=O)(=O)c1ccccc1[N+](=O)[O-]. The van der Waals surface area contributed by atoms with Crippen LogP contribution in [0.4, 0.5) is 5.69 Å². The molecule has 15 nitrogen and oxygen atoms in total. The minimum Gasteiger partial charge on any atom is -0.378 e. The van der Waals surface area contributed by atoms with Crippen LogP contribution >= 0.6 is 0 Å². The molecule has 0 aliphatic carbocycles. The van der Waals surface area contributed by atoms with Gasteiger partial charge in [0.1, 0.15) is 6.04 Å². The van der Waals surface area contributed by atoms with Gasteiger partial charge in [0.15, 0.2) is 4.90 Å². The van der Waals surface area contributed by atoms with Crippen molar-refractivity contribution in [2.45, 2.75) is 23.4 Å². The lowest BCUT2D eigenvalue weighted by Gasteiger charge is -2.27. The van der Waals surface area contributed by atoms with Gasteiger partial charge in [-0.1, -0.05) is 17.2 Å². The highest BCUT2D eigenvalue weighted by molar-refractivity contribution is 7.89. The van der Waals surface area contributed by atoms with Gasteiger partial charge in [0.25, 0.3) is 15.7 Å². The smallest absolute Gasteiger partial charge is 0.289 e. The predicted molar refractivity (Wildman–Crippen MR) is 132 cm³/mol. The van der Waals surface area contributed by atoms with Gasteiger partial charge < -0.3 is 24.4 Å². The van der Waals surface area contributed by atoms with Gasteiger partial charge in [-0.05, 0) is 25.1 Å². The van der Waals surface area contributed by atoms with Crippen LogP contribution in [0.2, 0.25) is 0 Å². The van der Waals surface area contributed by atoms with Crippen LogP contribution in [-0.2, 0) is 29.0 Å². The molecule has 1 aliphatic heterocycles. The number of ether oxygens (including phenoxy) is 3. The second-order valence-electron chi connectivity index (χ2n) is 8.11. The molecule has 0 aromatic heterocycles. The second-order valence-corrected chi connectivity index (χ2v) is 9.97. The Bertz CT molecular complexity index is 1050. The number of likely N-dealkylation sites (N-methyl/N-ethyl adjacent to an activating group) is 2. The zero-order chi connectivity index (χ0) is 27.3. The predicted octanol–water partition coefficient (Wildman–Crippen LogP) is 0.764. The van der Waals surface area contributed by atoms with Crippen molar-refractivity contribution in [1.82, 2.24) is 14.5 Å². The number of rotatable bonds is 17. The number of nitrogens with zero attached hydrogens (tertiary/aromatic N) is 6. The highest BCUT2D eigenvalue weighted by atomic mass is 32.2. The Kier molecular flexibility index (Phi) is 12.7. The molecule has 0 spiro atoms. The minimum absolute atomic E-state index is 0.0435. The van der Waals surface area contributed by atoms with Gasteiger partial charge in [-0.3, -0.25) is 14.9 Å². The summed E-state index contributed by atoms with van der Waals surface area (Å²) >= 11 is 0. The Morgan fingerprint density at radius 1 is 1.22 bits per heavy atom. The van der Waals surface area contributed by atoms with Crippen LogP contribution in [0.15, 0.2) is 34.3 Å². The van der Waals surface area contributed by atoms with E-state index < -0.39 is 43.5 Å². The van der Waals surface area contributed by atoms with Crippen molar-refractivity contribution in [3.63, 3.8) is 0 Å². The summed E-state index contributed by atoms with van der Waals surface area (Å²) in [6.45, 7) is 3.02. The third-order valence-electron chi connectivity index (χ3n) is 5.57. The van der Waals surface area contributed by atoms with Crippen LogP contribution in [-0.4, -0.2) is 114 Å². The number of hydrogen-bond acceptors (Lipinski definition) is 10. The topological polar surface area (TPSA) is 189 Å². The number of para-hydroxylation sites is 1. The molecule has 0 bridgehead atoms. The van der Waals surface area contributed by atoms with E-state index in [1.807, 2.05) is 7.05 Å². The maximum atomic E-state index is 13.4. The molecule has 1 N–H and O–H groups in total. The first-order chi connectivity index (χ1) is 17.7. The summed E-state index contributed by atoms with van der Waals surface area (Å²) in [5.41, 5.74) is 8.22. The molecular weight excluding hydrogens is 510 g/mol. The zero-order valence-corrected chi connectivity index (χ0v) is 21.7. The molecule has 16 heteroatoms. The number of azide groups is 1. The van der Waals surface area contributed by atoms with E-state index in [-0.39, 0.29) is 26.1 Å². The van der Waals surface area contributed by atoms with Crippen LogP contribution in [0.5, 0.6) is 0 Å². The van der Waals surface area contributed by atoms with E-state index >= 15 is 0 Å². The molecule has 1 heterocycles. The van der Waals surface area contributed by atoms with Crippen molar-refractivity contribution < 1.29 is 32.3 Å². The van der Waals surface area contributed by atoms with E-state index in [9.17, 15) is 23.3 Å². The first-order valence-corrected chi connectivity index (χ1v) is 13.1. The lowest BCUT2D eigenvalue weighted by atomic mass is 10.1. The summed E-state index contributed by atoms with van der Waals surface area (Å²) in [5.74, 6) is -0.531. The van der Waals surface area contributed by atoms with Crippen LogP contribution < -0.4 is 5.32 Å². The third-order valence-corrected chi connectivity index (χ3v) is 7.49. The van der Waals surface area contributed by atoms with E-state index in [2.05, 4.69) is 15.3 Å². The fourth-order valence-electron chi connectivity index (χ4n) is 3.67. The van der Waals surface area contributed by atoms with E-state index in [1.54, 1.807) is 0 Å². The largest absolute Gasteiger partial charge is 0.378 e. The lowest BCUT2D eigenvalue weighted by molar-refractivity contribution is -0.387. The molecular formula is C21H33N7O8S. The van der Waals surface area contributed by atoms with E-state index in [4.69, 9.17) is 19.7 Å². The highest BCUT2D eigenvalue weighted by Crippen LogP contribution is 2.33. The number of hydrogen-bond donors (Lipinski definition) is 1. The molecule has 206 valence electrons. The highest BCUT2D eigenvalue weighted by Gasteiger charge is 2.46. The van der Waals surface area contributed by atoms with Crippen LogP contribution in [0, 0.1) is 10.1 Å². The Morgan fingerprint density at radius 2 is 1.84 bits per heavy atom. The van der Waals surface area contributed by atoms with Gasteiger partial charge in [-0.2, -0.15) is 4.31 Å². The molecule has 1 aliphatic rings. The maximum Gasteiger partial charge on any atom is 0.289 e. The molecule has 0 saturated carbocycles. The van der Waals surface area contributed by atoms with Gasteiger partial charge in [0.2, 0.25) is 5.91 Å². The fraction of sp³-hybridized carbons (Fsp3) is 0.667. The van der Waals surface area contributed by atoms with E-state index in [0.717, 1.165) is 23.0 Å². The summed E-state index contributed by atoms with van der Waals surface area (Å²) in [6, 6.07) is 2.93. The van der Waals surface area contributed by atoms with Crippen molar-refractivity contribution in [2.75, 3.05) is 73.4 Å². The van der Waals surface area contributed by atoms with Crippen molar-refractivity contribution in [3.8, 4) is 0 Å². The molecule has 2 rings (SSSR count). The zero-order valence-electron chi connectivity index (χ0n) is 20.9. The standard InChI is InChI=1S/C21H33N7O8S/c1-23-7-9-34-11-13-36-14-12-35-10-8-26(2)21(29)19-15-17(24-25-22)16-27(19)37(32,33)20-6-4-3-5-18(20)28(30)31/h3-6,17,19,23H,7-16H2,1-2H3/t17-,19-/m0/s1. The number of nitrogens with one attached hydrogen (secondary N) is 1. The number of benzene rings is 1. The first kappa shape index (κ1) is 30.4. The normalized spacial score (nSPS) is 17.9. The Hall–Kier alpha value is -2.85. The monoisotopic (exact) mass is 543 g/mol. The second kappa shape index (κ2) is 15.4. The van der Waals surface area contributed by atoms with Crippen LogP contribution in [0.25, 0.3) is 10.4 Å². The summed E-state index contributed by atoms with van der Waals surface area (Å²) < 4.78 is 43.8. The molecule has 1 aromatic rings. The van der Waals surface area contributed by atoms with Gasteiger partial charge in [-0.25, -0.2) is 8.42 Å². The molecule has 1 fully saturated rings. The maximum absolute atomic E-state index is 13.4. The molecule has 0 radical (unpaired) electrons. The quantitative estimate of drug-likeness (QED) is 0.0738. The summed E-state index contributed by atoms with van der Waals surface area (Å²) in [4.78, 5) is 27.3. The molecule has 1 aromatic carbocycles. The molecule has 1 saturated heterocycles. The van der Waals surface area contributed by atoms with Crippen molar-refractivity contribution in [2.24, 2.45) is 5.11 Å². The first-order valence-electron chi connectivity index (χ1n) is 11.7. The summed E-state index contributed by atoms with van der Waals surface area (Å²) in [6.07, 6.45) is -0.0435. The number of nitro benzene ring substituents is 1. The van der Waals surface area contributed by atoms with Crippen LogP contribution in [0.3, 0.4) is 0 Å². The fourth-order valence-corrected chi connectivity index (χ4v) is 5.46. The molecule has 2 atom stereocenters. The van der Waals surface area contributed by atoms with Gasteiger partial charge in [-0.15, -0.1) is 0 Å². The number of carbonyl (C=O) groups excluding carboxylic acids is 1. The van der Waals surface area contributed by atoms with Crippen molar-refractivity contribution in [3.05, 3.63) is 44.8 Å². The van der Waals surface area contributed by atoms with E-state index in [0.29, 0.717) is 33.0 Å². The number of nitro groups is 1. The number of carbonyl (C=O) groups is 1. The molecule has 1 amide bonds. The Labute approximate surface area is 215 Å². The van der Waals surface area contributed by atoms with Gasteiger partial charge in [0.05, 0.1) is 50.6 Å². The molecule has 37 heavy (non-hydrogen) atoms.